The van der Waals surface area contributed by atoms with E-state index in [-0.39, 0.29) is 12.8 Å². The lowest BCUT2D eigenvalue weighted by molar-refractivity contribution is -0.220. The van der Waals surface area contributed by atoms with Crippen LogP contribution in [0.1, 0.15) is 155 Å². The molecule has 0 spiro atoms. The van der Waals surface area contributed by atoms with E-state index in [0.717, 1.165) is 70.6 Å². The van der Waals surface area contributed by atoms with Crippen LogP contribution in [0.2, 0.25) is 0 Å². The number of ether oxygens (including phenoxy) is 2. The zero-order valence-electron chi connectivity index (χ0n) is 36.9. The number of hydrogen-bond acceptors (Lipinski definition) is 12. The third-order valence-corrected chi connectivity index (χ3v) is 11.0. The van der Waals surface area contributed by atoms with E-state index < -0.39 is 75.7 Å². The number of phosphoric ester groups is 1. The van der Waals surface area contributed by atoms with E-state index in [0.29, 0.717) is 19.3 Å². The summed E-state index contributed by atoms with van der Waals surface area (Å²) in [6, 6.07) is 0. The van der Waals surface area contributed by atoms with Gasteiger partial charge in [-0.2, -0.15) is 0 Å². The molecule has 0 heterocycles. The summed E-state index contributed by atoms with van der Waals surface area (Å²) in [6.45, 7) is 3.11. The molecule has 61 heavy (non-hydrogen) atoms. The van der Waals surface area contributed by atoms with E-state index in [4.69, 9.17) is 18.5 Å². The van der Waals surface area contributed by atoms with Gasteiger partial charge in [-0.3, -0.25) is 18.6 Å². The van der Waals surface area contributed by atoms with Crippen molar-refractivity contribution in [1.82, 2.24) is 0 Å². The average molecular weight is 883 g/mol. The molecule has 0 aromatic heterocycles. The first-order chi connectivity index (χ1) is 29.4. The molecule has 1 fully saturated rings. The second-order valence-corrected chi connectivity index (χ2v) is 16.9. The Morgan fingerprint density at radius 3 is 1.48 bits per heavy atom. The highest BCUT2D eigenvalue weighted by atomic mass is 31.2. The lowest BCUT2D eigenvalue weighted by Gasteiger charge is -2.41. The smallest absolute Gasteiger partial charge is 0.462 e. The van der Waals surface area contributed by atoms with Crippen molar-refractivity contribution in [3.05, 3.63) is 72.9 Å². The van der Waals surface area contributed by atoms with E-state index in [1.165, 1.54) is 38.5 Å². The van der Waals surface area contributed by atoms with Crippen molar-refractivity contribution < 1.29 is 63.1 Å². The maximum Gasteiger partial charge on any atom is 0.472 e. The maximum absolute atomic E-state index is 12.8. The number of carbonyl (C=O) groups excluding carboxylic acids is 2. The predicted octanol–water partition coefficient (Wildman–Crippen LogP) is 8.72. The summed E-state index contributed by atoms with van der Waals surface area (Å²) in [6.07, 6.45) is 32.5. The fraction of sp³-hybridized carbons (Fsp3) is 0.702. The number of unbranched alkanes of at least 4 members (excludes halogenated alkanes) is 12. The number of allylic oxidation sites excluding steroid dienone is 12. The molecule has 13 nitrogen and oxygen atoms in total. The highest BCUT2D eigenvalue weighted by Crippen LogP contribution is 2.47. The lowest BCUT2D eigenvalue weighted by atomic mass is 9.85. The first kappa shape index (κ1) is 56.3. The van der Waals surface area contributed by atoms with E-state index in [1.54, 1.807) is 0 Å². The van der Waals surface area contributed by atoms with Gasteiger partial charge >= 0.3 is 19.8 Å². The Kier molecular flexibility index (Phi) is 33.9. The van der Waals surface area contributed by atoms with E-state index in [9.17, 15) is 44.6 Å². The minimum atomic E-state index is -5.14. The zero-order chi connectivity index (χ0) is 45.0. The van der Waals surface area contributed by atoms with Gasteiger partial charge in [0.1, 0.15) is 43.2 Å². The van der Waals surface area contributed by atoms with E-state index in [2.05, 4.69) is 74.6 Å². The molecule has 0 aromatic rings. The van der Waals surface area contributed by atoms with Gasteiger partial charge in [0, 0.05) is 12.8 Å². The third-order valence-electron chi connectivity index (χ3n) is 10.0. The summed E-state index contributed by atoms with van der Waals surface area (Å²) in [7, 11) is -5.14. The van der Waals surface area contributed by atoms with Gasteiger partial charge in [0.15, 0.2) is 6.10 Å². The van der Waals surface area contributed by atoms with Crippen molar-refractivity contribution in [1.29, 1.82) is 0 Å². The van der Waals surface area contributed by atoms with Crippen LogP contribution >= 0.6 is 7.82 Å². The van der Waals surface area contributed by atoms with Gasteiger partial charge in [-0.15, -0.1) is 0 Å². The Bertz CT molecular complexity index is 1340. The Morgan fingerprint density at radius 2 is 0.951 bits per heavy atom. The Balaban J connectivity index is 2.53. The van der Waals surface area contributed by atoms with Gasteiger partial charge in [-0.1, -0.05) is 138 Å². The fourth-order valence-electron chi connectivity index (χ4n) is 6.37. The van der Waals surface area contributed by atoms with Crippen LogP contribution in [0.15, 0.2) is 72.9 Å². The number of carbonyl (C=O) groups is 2. The Labute approximate surface area is 365 Å². The van der Waals surface area contributed by atoms with Crippen LogP contribution in [-0.4, -0.2) is 98.3 Å². The van der Waals surface area contributed by atoms with Crippen molar-refractivity contribution in [3.8, 4) is 0 Å². The average Bonchev–Trinajstić information content (AvgIpc) is 3.24. The maximum atomic E-state index is 12.8. The van der Waals surface area contributed by atoms with Gasteiger partial charge < -0.3 is 39.9 Å². The van der Waals surface area contributed by atoms with Crippen LogP contribution in [0, 0.1) is 0 Å². The molecule has 1 aliphatic carbocycles. The lowest BCUT2D eigenvalue weighted by Crippen LogP contribution is -2.64. The first-order valence-corrected chi connectivity index (χ1v) is 24.2. The third kappa shape index (κ3) is 29.3. The Morgan fingerprint density at radius 1 is 0.525 bits per heavy atom. The number of aliphatic hydroxyl groups is 5. The number of aliphatic hydroxyl groups excluding tert-OH is 5. The fourth-order valence-corrected chi connectivity index (χ4v) is 7.35. The number of hydrogen-bond donors (Lipinski definition) is 6. The molecular weight excluding hydrogens is 803 g/mol. The molecule has 350 valence electrons. The summed E-state index contributed by atoms with van der Waals surface area (Å²) in [4.78, 5) is 35.6. The van der Waals surface area contributed by atoms with Crippen LogP contribution in [0.3, 0.4) is 0 Å². The summed E-state index contributed by atoms with van der Waals surface area (Å²) in [5.74, 6) is -1.19. The van der Waals surface area contributed by atoms with Crippen LogP contribution in [0.25, 0.3) is 0 Å². The van der Waals surface area contributed by atoms with E-state index in [1.807, 2.05) is 12.2 Å². The molecule has 8 atom stereocenters. The highest BCUT2D eigenvalue weighted by Gasteiger charge is 2.51. The minimum absolute atomic E-state index is 0.0175. The molecule has 0 amide bonds. The Hall–Kier alpha value is -2.71. The van der Waals surface area contributed by atoms with Gasteiger partial charge in [0.05, 0.1) is 6.61 Å². The summed E-state index contributed by atoms with van der Waals surface area (Å²) in [5.41, 5.74) is 0. The molecule has 1 rings (SSSR count). The molecule has 0 aromatic carbocycles. The van der Waals surface area contributed by atoms with Crippen molar-refractivity contribution >= 4 is 19.8 Å². The normalized spacial score (nSPS) is 22.7. The molecule has 0 saturated heterocycles. The minimum Gasteiger partial charge on any atom is -0.462 e. The molecule has 0 aliphatic heterocycles. The van der Waals surface area contributed by atoms with Gasteiger partial charge in [-0.05, 0) is 77.0 Å². The summed E-state index contributed by atoms with van der Waals surface area (Å²) < 4.78 is 33.4. The molecule has 0 bridgehead atoms. The first-order valence-electron chi connectivity index (χ1n) is 22.7. The number of esters is 2. The number of phosphoric acid groups is 1. The van der Waals surface area contributed by atoms with Crippen molar-refractivity contribution in [2.75, 3.05) is 13.2 Å². The van der Waals surface area contributed by atoms with Crippen LogP contribution in [0.4, 0.5) is 0 Å². The summed E-state index contributed by atoms with van der Waals surface area (Å²) in [5, 5.41) is 50.1. The molecule has 0 radical (unpaired) electrons. The molecule has 6 N–H and O–H groups in total. The van der Waals surface area contributed by atoms with Gasteiger partial charge in [0.25, 0.3) is 0 Å². The molecular formula is C47H79O13P. The predicted molar refractivity (Wildman–Crippen MR) is 239 cm³/mol. The van der Waals surface area contributed by atoms with Crippen LogP contribution in [0.5, 0.6) is 0 Å². The zero-order valence-corrected chi connectivity index (χ0v) is 37.8. The largest absolute Gasteiger partial charge is 0.472 e. The van der Waals surface area contributed by atoms with E-state index >= 15 is 0 Å². The van der Waals surface area contributed by atoms with Crippen molar-refractivity contribution in [3.63, 3.8) is 0 Å². The second-order valence-electron chi connectivity index (χ2n) is 15.5. The van der Waals surface area contributed by atoms with Gasteiger partial charge in [-0.25, -0.2) is 4.57 Å². The SMILES string of the molecule is CC/C=C/C/C=C/C/C=C/CCCCCCCC(=O)OC[C@H](COP(=O)(O)OC1C(O)C(O)C(O)[C@H](O)C1O)OC(=O)CCC/C=C/C/C=C/C/C=C/CCCCCCCC. The number of rotatable bonds is 36. The van der Waals surface area contributed by atoms with Gasteiger partial charge in [0.2, 0.25) is 0 Å². The topological polar surface area (TPSA) is 210 Å². The molecule has 6 unspecified atom stereocenters. The molecule has 1 saturated carbocycles. The van der Waals surface area contributed by atoms with Crippen molar-refractivity contribution in [2.24, 2.45) is 0 Å². The monoisotopic (exact) mass is 883 g/mol. The molecule has 1 aliphatic rings. The second kappa shape index (κ2) is 36.7. The quantitative estimate of drug-likeness (QED) is 0.0151. The highest BCUT2D eigenvalue weighted by molar-refractivity contribution is 7.47. The standard InChI is InChI=1S/C47H79O13P/c1-3-5-7-9-11-13-15-17-19-20-22-24-26-28-30-32-34-36-41(49)59-39(38-58-61(55,56)60-47-45(53)43(51)42(50)44(52)46(47)54)37-57-40(48)35-33-31-29-27-25-23-21-18-16-14-12-10-8-6-4-2/h6,8,12,14,17-19,21-22,24,28,30,39,42-47,50-54H,3-5,7,9-11,13,15-16,20,23,25-27,29,31-38H2,1-2H3,(H,55,56)/b8-6+,14-12+,19-17+,21-18+,24-22+,30-28+/t39-,42?,43+,44?,45?,46?,47?/m1/s1. The molecule has 14 heteroatoms. The van der Waals surface area contributed by atoms with Crippen LogP contribution < -0.4 is 0 Å². The summed E-state index contributed by atoms with van der Waals surface area (Å²) >= 11 is 0. The van der Waals surface area contributed by atoms with Crippen molar-refractivity contribution in [2.45, 2.75) is 198 Å². The van der Waals surface area contributed by atoms with Crippen LogP contribution in [-0.2, 0) is 32.7 Å².